The predicted octanol–water partition coefficient (Wildman–Crippen LogP) is 21.6. The minimum absolute atomic E-state index is 0.105. The van der Waals surface area contributed by atoms with Crippen LogP contribution < -0.4 is 0 Å². The molecule has 0 aliphatic rings. The average Bonchev–Trinajstić information content (AvgIpc) is 3.57. The molecule has 0 bridgehead atoms. The van der Waals surface area contributed by atoms with Crippen molar-refractivity contribution in [3.05, 3.63) is 0 Å². The van der Waals surface area contributed by atoms with Gasteiger partial charge in [-0.05, 0) is 37.5 Å². The zero-order chi connectivity index (χ0) is 68.6. The first-order valence-electron chi connectivity index (χ1n) is 38.5. The first-order chi connectivity index (χ1) is 44.9. The van der Waals surface area contributed by atoms with Gasteiger partial charge in [0.05, 0.1) is 26.4 Å². The Labute approximate surface area is 568 Å². The molecule has 0 saturated heterocycles. The molecule has 0 fully saturated rings. The first kappa shape index (κ1) is 91.1. The van der Waals surface area contributed by atoms with Crippen LogP contribution in [0.25, 0.3) is 0 Å². The van der Waals surface area contributed by atoms with E-state index in [1.54, 1.807) is 0 Å². The Hall–Kier alpha value is -1.94. The van der Waals surface area contributed by atoms with Gasteiger partial charge in [0.15, 0.2) is 12.2 Å². The van der Waals surface area contributed by atoms with Crippen LogP contribution in [-0.2, 0) is 65.4 Å². The van der Waals surface area contributed by atoms with Crippen LogP contribution in [0.15, 0.2) is 0 Å². The van der Waals surface area contributed by atoms with E-state index >= 15 is 0 Å². The maximum absolute atomic E-state index is 13.1. The molecule has 0 aromatic heterocycles. The minimum atomic E-state index is -4.95. The fraction of sp³-hybridized carbons (Fsp3) is 0.946. The maximum Gasteiger partial charge on any atom is 0.472 e. The Balaban J connectivity index is 5.24. The van der Waals surface area contributed by atoms with Crippen LogP contribution in [0, 0.1) is 11.8 Å². The Bertz CT molecular complexity index is 1810. The monoisotopic (exact) mass is 1370 g/mol. The molecule has 19 heteroatoms. The maximum atomic E-state index is 13.1. The highest BCUT2D eigenvalue weighted by molar-refractivity contribution is 7.47. The second-order valence-corrected chi connectivity index (χ2v) is 30.3. The van der Waals surface area contributed by atoms with Crippen molar-refractivity contribution >= 4 is 39.5 Å². The summed E-state index contributed by atoms with van der Waals surface area (Å²) in [6.07, 6.45) is 52.6. The SMILES string of the molecule is CCCCCCCCCCCCCCCCCCCCC(=O)O[C@H](COC(=O)CCCCCCCCCCCC(C)C)COP(=O)(O)OC[C@@H](O)COP(=O)(O)OC[C@@H](COC(=O)CCCCCCCCCCCCC)OC(=O)CCCCCCCCCCC(C)CC. The van der Waals surface area contributed by atoms with Crippen LogP contribution in [0.3, 0.4) is 0 Å². The number of esters is 4. The highest BCUT2D eigenvalue weighted by atomic mass is 31.2. The van der Waals surface area contributed by atoms with Crippen LogP contribution in [0.4, 0.5) is 0 Å². The number of hydrogen-bond donors (Lipinski definition) is 3. The standard InChI is InChI=1S/C74H144O17P2/c1-7-10-12-14-16-18-20-21-22-23-24-25-26-28-32-40-46-52-58-73(78)90-69(62-85-72(77)57-51-45-39-33-29-30-36-42-48-54-66(4)5)64-88-92(80,81)86-60-68(75)61-87-93(82,83)89-65-70(63-84-71(76)56-50-44-38-31-27-19-17-15-13-11-8-2)91-74(79)59-53-47-41-35-34-37-43-49-55-67(6)9-3/h66-70,75H,7-65H2,1-6H3,(H,80,81)(H,82,83)/t67?,68-,69-,70-/m1/s1. The average molecular weight is 1370 g/mol. The summed E-state index contributed by atoms with van der Waals surface area (Å²) in [4.78, 5) is 72.7. The molecule has 0 aliphatic heterocycles. The molecule has 552 valence electrons. The summed E-state index contributed by atoms with van der Waals surface area (Å²) in [5.41, 5.74) is 0. The van der Waals surface area contributed by atoms with Crippen molar-refractivity contribution in [1.82, 2.24) is 0 Å². The van der Waals surface area contributed by atoms with E-state index < -0.39 is 97.5 Å². The minimum Gasteiger partial charge on any atom is -0.462 e. The number of carbonyl (C=O) groups excluding carboxylic acids is 4. The number of aliphatic hydroxyl groups is 1. The van der Waals surface area contributed by atoms with E-state index in [1.165, 1.54) is 199 Å². The molecular formula is C74H144O17P2. The summed E-state index contributed by atoms with van der Waals surface area (Å²) in [6.45, 7) is 9.56. The normalized spacial score (nSPS) is 14.3. The van der Waals surface area contributed by atoms with Gasteiger partial charge in [0.1, 0.15) is 19.3 Å². The summed E-state index contributed by atoms with van der Waals surface area (Å²) >= 11 is 0. The zero-order valence-electron chi connectivity index (χ0n) is 60.6. The number of carbonyl (C=O) groups is 4. The van der Waals surface area contributed by atoms with Crippen LogP contribution in [0.5, 0.6) is 0 Å². The van der Waals surface area contributed by atoms with Gasteiger partial charge in [-0.15, -0.1) is 0 Å². The number of unbranched alkanes of at least 4 members (excludes halogenated alkanes) is 42. The van der Waals surface area contributed by atoms with E-state index in [1.807, 2.05) is 0 Å². The summed E-state index contributed by atoms with van der Waals surface area (Å²) < 4.78 is 68.4. The number of phosphoric acid groups is 2. The van der Waals surface area contributed by atoms with Crippen molar-refractivity contribution in [3.8, 4) is 0 Å². The fourth-order valence-electron chi connectivity index (χ4n) is 11.3. The van der Waals surface area contributed by atoms with Gasteiger partial charge >= 0.3 is 39.5 Å². The molecule has 0 aromatic rings. The second kappa shape index (κ2) is 66.0. The van der Waals surface area contributed by atoms with E-state index in [0.29, 0.717) is 25.7 Å². The quantitative estimate of drug-likeness (QED) is 0.0222. The number of rotatable bonds is 73. The Morgan fingerprint density at radius 2 is 0.548 bits per heavy atom. The van der Waals surface area contributed by atoms with Gasteiger partial charge < -0.3 is 33.8 Å². The molecule has 93 heavy (non-hydrogen) atoms. The first-order valence-corrected chi connectivity index (χ1v) is 41.5. The molecule has 0 radical (unpaired) electrons. The molecule has 6 atom stereocenters. The molecule has 3 unspecified atom stereocenters. The summed E-state index contributed by atoms with van der Waals surface area (Å²) in [5.74, 6) is -0.606. The van der Waals surface area contributed by atoms with Gasteiger partial charge in [0, 0.05) is 25.7 Å². The number of hydrogen-bond acceptors (Lipinski definition) is 15. The lowest BCUT2D eigenvalue weighted by Crippen LogP contribution is -2.30. The molecule has 0 spiro atoms. The number of ether oxygens (including phenoxy) is 4. The second-order valence-electron chi connectivity index (χ2n) is 27.4. The van der Waals surface area contributed by atoms with Gasteiger partial charge in [-0.2, -0.15) is 0 Å². The zero-order valence-corrected chi connectivity index (χ0v) is 62.3. The lowest BCUT2D eigenvalue weighted by atomic mass is 9.99. The molecule has 17 nitrogen and oxygen atoms in total. The molecule has 3 N–H and O–H groups in total. The third-order valence-corrected chi connectivity index (χ3v) is 19.5. The molecule has 0 aromatic carbocycles. The molecule has 0 rings (SSSR count). The summed E-state index contributed by atoms with van der Waals surface area (Å²) in [6, 6.07) is 0. The molecule has 0 saturated carbocycles. The van der Waals surface area contributed by atoms with E-state index in [9.17, 15) is 43.2 Å². The predicted molar refractivity (Wildman–Crippen MR) is 377 cm³/mol. The van der Waals surface area contributed by atoms with Gasteiger partial charge in [-0.25, -0.2) is 9.13 Å². The highest BCUT2D eigenvalue weighted by Crippen LogP contribution is 2.45. The number of phosphoric ester groups is 2. The van der Waals surface area contributed by atoms with E-state index in [4.69, 9.17) is 37.0 Å². The highest BCUT2D eigenvalue weighted by Gasteiger charge is 2.30. The van der Waals surface area contributed by atoms with Crippen molar-refractivity contribution < 1.29 is 80.2 Å². The van der Waals surface area contributed by atoms with Gasteiger partial charge in [0.25, 0.3) is 0 Å². The Morgan fingerprint density at radius 3 is 0.817 bits per heavy atom. The van der Waals surface area contributed by atoms with Crippen LogP contribution in [0.2, 0.25) is 0 Å². The van der Waals surface area contributed by atoms with Crippen molar-refractivity contribution in [2.24, 2.45) is 11.8 Å². The number of aliphatic hydroxyl groups excluding tert-OH is 1. The van der Waals surface area contributed by atoms with Gasteiger partial charge in [-0.1, -0.05) is 330 Å². The Morgan fingerprint density at radius 1 is 0.312 bits per heavy atom. The van der Waals surface area contributed by atoms with Crippen molar-refractivity contribution in [2.45, 2.75) is 400 Å². The van der Waals surface area contributed by atoms with E-state index in [0.717, 1.165) is 102 Å². The molecular weight excluding hydrogens is 1220 g/mol. The topological polar surface area (TPSA) is 237 Å². The van der Waals surface area contributed by atoms with Crippen LogP contribution in [0.1, 0.15) is 382 Å². The Kier molecular flexibility index (Phi) is 64.6. The summed E-state index contributed by atoms with van der Waals surface area (Å²) in [5, 5.41) is 10.6. The molecule has 0 amide bonds. The lowest BCUT2D eigenvalue weighted by molar-refractivity contribution is -0.161. The molecule has 0 aliphatic carbocycles. The largest absolute Gasteiger partial charge is 0.472 e. The molecule has 0 heterocycles. The van der Waals surface area contributed by atoms with Crippen molar-refractivity contribution in [3.63, 3.8) is 0 Å². The third kappa shape index (κ3) is 67.0. The lowest BCUT2D eigenvalue weighted by Gasteiger charge is -2.21. The third-order valence-electron chi connectivity index (χ3n) is 17.6. The van der Waals surface area contributed by atoms with Gasteiger partial charge in [-0.3, -0.25) is 37.3 Å². The van der Waals surface area contributed by atoms with Crippen LogP contribution in [-0.4, -0.2) is 96.7 Å². The van der Waals surface area contributed by atoms with Gasteiger partial charge in [0.2, 0.25) is 0 Å². The summed E-state index contributed by atoms with van der Waals surface area (Å²) in [7, 11) is -9.91. The van der Waals surface area contributed by atoms with E-state index in [-0.39, 0.29) is 25.7 Å². The van der Waals surface area contributed by atoms with Crippen molar-refractivity contribution in [2.75, 3.05) is 39.6 Å². The van der Waals surface area contributed by atoms with E-state index in [2.05, 4.69) is 41.5 Å². The van der Waals surface area contributed by atoms with Crippen LogP contribution >= 0.6 is 15.6 Å². The van der Waals surface area contributed by atoms with Crippen molar-refractivity contribution in [1.29, 1.82) is 0 Å². The fourth-order valence-corrected chi connectivity index (χ4v) is 12.8. The smallest absolute Gasteiger partial charge is 0.462 e.